The van der Waals surface area contributed by atoms with Gasteiger partial charge in [0.25, 0.3) is 0 Å². The maximum Gasteiger partial charge on any atom is 0.122 e. The first kappa shape index (κ1) is 15.4. The van der Waals surface area contributed by atoms with Crippen molar-refractivity contribution in [3.05, 3.63) is 29.3 Å². The third-order valence-corrected chi connectivity index (χ3v) is 4.40. The number of nitrogens with two attached hydrogens (primary N) is 1. The first-order chi connectivity index (χ1) is 9.58. The van der Waals surface area contributed by atoms with Crippen LogP contribution in [0.25, 0.3) is 0 Å². The van der Waals surface area contributed by atoms with E-state index in [0.717, 1.165) is 24.5 Å². The van der Waals surface area contributed by atoms with E-state index in [0.29, 0.717) is 6.10 Å². The van der Waals surface area contributed by atoms with E-state index in [1.807, 2.05) is 0 Å². The molecule has 0 spiro atoms. The molecule has 0 aliphatic heterocycles. The molecule has 1 aromatic carbocycles. The normalized spacial score (nSPS) is 24.4. The average molecular weight is 275 g/mol. The van der Waals surface area contributed by atoms with Gasteiger partial charge < -0.3 is 10.5 Å². The summed E-state index contributed by atoms with van der Waals surface area (Å²) in [7, 11) is 0. The molecular formula is C18H29NO. The Morgan fingerprint density at radius 2 is 2.15 bits per heavy atom. The molecule has 112 valence electrons. The van der Waals surface area contributed by atoms with Crippen LogP contribution in [0.5, 0.6) is 5.75 Å². The van der Waals surface area contributed by atoms with Crippen LogP contribution in [-0.4, -0.2) is 12.1 Å². The highest BCUT2D eigenvalue weighted by molar-refractivity contribution is 5.37. The minimum Gasteiger partial charge on any atom is -0.490 e. The Hall–Kier alpha value is -1.02. The van der Waals surface area contributed by atoms with Gasteiger partial charge in [-0.1, -0.05) is 38.0 Å². The van der Waals surface area contributed by atoms with Gasteiger partial charge in [-0.15, -0.1) is 0 Å². The zero-order valence-corrected chi connectivity index (χ0v) is 13.2. The largest absolute Gasteiger partial charge is 0.490 e. The number of benzene rings is 1. The summed E-state index contributed by atoms with van der Waals surface area (Å²) in [5, 5.41) is 0. The van der Waals surface area contributed by atoms with Gasteiger partial charge >= 0.3 is 0 Å². The summed E-state index contributed by atoms with van der Waals surface area (Å²) in [5.74, 6) is 1.85. The van der Waals surface area contributed by atoms with Crippen molar-refractivity contribution >= 4 is 0 Å². The van der Waals surface area contributed by atoms with Crippen LogP contribution in [0.15, 0.2) is 18.2 Å². The molecule has 2 rings (SSSR count). The zero-order chi connectivity index (χ0) is 14.5. The average Bonchev–Trinajstić information content (AvgIpc) is 2.42. The van der Waals surface area contributed by atoms with Crippen molar-refractivity contribution in [1.82, 2.24) is 0 Å². The van der Waals surface area contributed by atoms with Gasteiger partial charge in [-0.25, -0.2) is 0 Å². The molecule has 0 saturated heterocycles. The summed E-state index contributed by atoms with van der Waals surface area (Å²) in [6.45, 7) is 6.61. The highest BCUT2D eigenvalue weighted by Crippen LogP contribution is 2.30. The van der Waals surface area contributed by atoms with Crippen LogP contribution in [-0.2, 0) is 6.42 Å². The first-order valence-corrected chi connectivity index (χ1v) is 8.10. The summed E-state index contributed by atoms with van der Waals surface area (Å²) in [4.78, 5) is 0. The van der Waals surface area contributed by atoms with Crippen LogP contribution in [0.3, 0.4) is 0 Å². The summed E-state index contributed by atoms with van der Waals surface area (Å²) in [6.07, 6.45) is 7.33. The summed E-state index contributed by atoms with van der Waals surface area (Å²) in [5.41, 5.74) is 8.68. The Morgan fingerprint density at radius 1 is 1.35 bits per heavy atom. The van der Waals surface area contributed by atoms with Crippen molar-refractivity contribution in [3.63, 3.8) is 0 Å². The minimum absolute atomic E-state index is 0.226. The molecule has 1 saturated carbocycles. The summed E-state index contributed by atoms with van der Waals surface area (Å²) in [6, 6.07) is 6.73. The van der Waals surface area contributed by atoms with Gasteiger partial charge in [-0.05, 0) is 56.6 Å². The molecule has 1 fully saturated rings. The number of rotatable bonds is 5. The molecule has 0 bridgehead atoms. The Morgan fingerprint density at radius 3 is 2.85 bits per heavy atom. The van der Waals surface area contributed by atoms with Crippen LogP contribution >= 0.6 is 0 Å². The molecule has 2 nitrogen and oxygen atoms in total. The molecule has 20 heavy (non-hydrogen) atoms. The van der Waals surface area contributed by atoms with Gasteiger partial charge in [0, 0.05) is 6.04 Å². The van der Waals surface area contributed by atoms with Crippen LogP contribution in [0, 0.1) is 12.8 Å². The Balaban J connectivity index is 2.09. The highest BCUT2D eigenvalue weighted by Gasteiger charge is 2.21. The fraction of sp³-hybridized carbons (Fsp3) is 0.667. The molecule has 3 atom stereocenters. The molecule has 1 aliphatic rings. The lowest BCUT2D eigenvalue weighted by atomic mass is 9.88. The van der Waals surface area contributed by atoms with Crippen molar-refractivity contribution in [2.45, 2.75) is 71.4 Å². The van der Waals surface area contributed by atoms with Gasteiger partial charge in [-0.3, -0.25) is 0 Å². The van der Waals surface area contributed by atoms with E-state index >= 15 is 0 Å². The molecule has 0 radical (unpaired) electrons. The van der Waals surface area contributed by atoms with Crippen molar-refractivity contribution in [3.8, 4) is 5.75 Å². The lowest BCUT2D eigenvalue weighted by molar-refractivity contribution is 0.128. The number of hydrogen-bond acceptors (Lipinski definition) is 2. The number of aryl methyl sites for hydroxylation is 1. The number of hydrogen-bond donors (Lipinski definition) is 1. The van der Waals surface area contributed by atoms with Crippen molar-refractivity contribution in [2.75, 3.05) is 0 Å². The van der Waals surface area contributed by atoms with E-state index in [2.05, 4.69) is 39.0 Å². The van der Waals surface area contributed by atoms with Crippen LogP contribution in [0.4, 0.5) is 0 Å². The Bertz CT molecular complexity index is 429. The predicted molar refractivity (Wildman–Crippen MR) is 85.2 cm³/mol. The Kier molecular flexibility index (Phi) is 5.47. The third-order valence-electron chi connectivity index (χ3n) is 4.40. The zero-order valence-electron chi connectivity index (χ0n) is 13.2. The minimum atomic E-state index is 0.226. The smallest absolute Gasteiger partial charge is 0.122 e. The molecule has 2 heteroatoms. The third kappa shape index (κ3) is 4.24. The van der Waals surface area contributed by atoms with Crippen molar-refractivity contribution in [1.29, 1.82) is 0 Å². The summed E-state index contributed by atoms with van der Waals surface area (Å²) >= 11 is 0. The Labute approximate surface area is 123 Å². The van der Waals surface area contributed by atoms with Crippen LogP contribution in [0.2, 0.25) is 0 Å². The fourth-order valence-corrected chi connectivity index (χ4v) is 3.07. The fourth-order valence-electron chi connectivity index (χ4n) is 3.07. The maximum atomic E-state index is 6.30. The lowest BCUT2D eigenvalue weighted by Gasteiger charge is -2.28. The van der Waals surface area contributed by atoms with Gasteiger partial charge in [0.15, 0.2) is 0 Å². The molecule has 3 unspecified atom stereocenters. The monoisotopic (exact) mass is 275 g/mol. The van der Waals surface area contributed by atoms with Crippen molar-refractivity contribution in [2.24, 2.45) is 11.7 Å². The van der Waals surface area contributed by atoms with Crippen LogP contribution in [0.1, 0.15) is 57.1 Å². The molecule has 0 heterocycles. The second-order valence-corrected chi connectivity index (χ2v) is 6.50. The number of ether oxygens (including phenoxy) is 1. The quantitative estimate of drug-likeness (QED) is 0.872. The summed E-state index contributed by atoms with van der Waals surface area (Å²) < 4.78 is 6.30. The van der Waals surface area contributed by atoms with Gasteiger partial charge in [0.1, 0.15) is 5.75 Å². The first-order valence-electron chi connectivity index (χ1n) is 8.10. The highest BCUT2D eigenvalue weighted by atomic mass is 16.5. The van der Waals surface area contributed by atoms with Gasteiger partial charge in [0.05, 0.1) is 6.10 Å². The van der Waals surface area contributed by atoms with E-state index in [9.17, 15) is 0 Å². The molecule has 2 N–H and O–H groups in total. The second kappa shape index (κ2) is 7.12. The van der Waals surface area contributed by atoms with Gasteiger partial charge in [0.2, 0.25) is 0 Å². The molecule has 1 aliphatic carbocycles. The molecular weight excluding hydrogens is 246 g/mol. The topological polar surface area (TPSA) is 35.2 Å². The second-order valence-electron chi connectivity index (χ2n) is 6.50. The maximum absolute atomic E-state index is 6.30. The van der Waals surface area contributed by atoms with E-state index in [1.165, 1.54) is 36.8 Å². The SMILES string of the molecule is CCC(N)Cc1cc(C)ccc1OC1CCCC(C)C1. The van der Waals surface area contributed by atoms with Gasteiger partial charge in [-0.2, -0.15) is 0 Å². The molecule has 1 aromatic rings. The molecule has 0 amide bonds. The lowest BCUT2D eigenvalue weighted by Crippen LogP contribution is -2.26. The predicted octanol–water partition coefficient (Wildman–Crippen LogP) is 4.23. The molecule has 0 aromatic heterocycles. The van der Waals surface area contributed by atoms with E-state index in [-0.39, 0.29) is 6.04 Å². The van der Waals surface area contributed by atoms with E-state index < -0.39 is 0 Å². The van der Waals surface area contributed by atoms with E-state index in [4.69, 9.17) is 10.5 Å². The van der Waals surface area contributed by atoms with Crippen molar-refractivity contribution < 1.29 is 4.74 Å². The van der Waals surface area contributed by atoms with E-state index in [1.54, 1.807) is 0 Å². The van der Waals surface area contributed by atoms with Crippen LogP contribution < -0.4 is 10.5 Å². The standard InChI is InChI=1S/C18H29NO/c1-4-16(19)12-15-10-14(3)8-9-18(15)20-17-7-5-6-13(2)11-17/h8-10,13,16-17H,4-7,11-12,19H2,1-3H3.